The Morgan fingerprint density at radius 1 is 1.17 bits per heavy atom. The van der Waals surface area contributed by atoms with Gasteiger partial charge in [0, 0.05) is 35.2 Å². The van der Waals surface area contributed by atoms with E-state index in [1.807, 2.05) is 24.3 Å². The molecule has 4 nitrogen and oxygen atoms in total. The Morgan fingerprint density at radius 2 is 1.91 bits per heavy atom. The average molecular weight is 346 g/mol. The highest BCUT2D eigenvalue weighted by molar-refractivity contribution is 6.39. The molecule has 0 bridgehead atoms. The number of methoxy groups -OCH3 is 1. The minimum Gasteiger partial charge on any atom is -0.494 e. The topological polar surface area (TPSA) is 47.0 Å². The molecule has 0 radical (unpaired) electrons. The average Bonchev–Trinajstić information content (AvgIpc) is 2.57. The van der Waals surface area contributed by atoms with Crippen LogP contribution < -0.4 is 10.1 Å². The van der Waals surface area contributed by atoms with Crippen molar-refractivity contribution < 1.29 is 4.74 Å². The Balaban J connectivity index is 2.05. The highest BCUT2D eigenvalue weighted by atomic mass is 35.5. The summed E-state index contributed by atoms with van der Waals surface area (Å²) < 4.78 is 5.36. The molecule has 0 saturated carbocycles. The third kappa shape index (κ3) is 2.96. The van der Waals surface area contributed by atoms with E-state index in [1.54, 1.807) is 13.3 Å². The molecule has 23 heavy (non-hydrogen) atoms. The molecule has 116 valence electrons. The summed E-state index contributed by atoms with van der Waals surface area (Å²) >= 11 is 12.3. The van der Waals surface area contributed by atoms with Crippen LogP contribution in [0.3, 0.4) is 0 Å². The maximum atomic E-state index is 6.14. The molecular weight excluding hydrogens is 333 g/mol. The summed E-state index contributed by atoms with van der Waals surface area (Å²) in [6, 6.07) is 7.60. The quantitative estimate of drug-likeness (QED) is 0.720. The van der Waals surface area contributed by atoms with Gasteiger partial charge in [-0.1, -0.05) is 35.8 Å². The molecule has 1 N–H and O–H groups in total. The molecule has 0 spiro atoms. The van der Waals surface area contributed by atoms with Crippen molar-refractivity contribution in [2.75, 3.05) is 12.4 Å². The van der Waals surface area contributed by atoms with E-state index in [9.17, 15) is 0 Å². The molecule has 1 aromatic carbocycles. The van der Waals surface area contributed by atoms with E-state index in [1.165, 1.54) is 12.4 Å². The lowest BCUT2D eigenvalue weighted by molar-refractivity contribution is 0.419. The van der Waals surface area contributed by atoms with Crippen LogP contribution in [0.4, 0.5) is 5.69 Å². The van der Waals surface area contributed by atoms with Gasteiger partial charge in [0.25, 0.3) is 0 Å². The van der Waals surface area contributed by atoms with Gasteiger partial charge in [-0.2, -0.15) is 0 Å². The molecule has 0 atom stereocenters. The van der Waals surface area contributed by atoms with E-state index in [0.29, 0.717) is 27.2 Å². The summed E-state index contributed by atoms with van der Waals surface area (Å²) in [6.45, 7) is 4.09. The number of hydrogen-bond acceptors (Lipinski definition) is 4. The molecule has 0 fully saturated rings. The Bertz CT molecular complexity index is 876. The van der Waals surface area contributed by atoms with E-state index in [4.69, 9.17) is 27.9 Å². The van der Waals surface area contributed by atoms with Gasteiger partial charge in [0.05, 0.1) is 22.8 Å². The van der Waals surface area contributed by atoms with Gasteiger partial charge in [0.2, 0.25) is 0 Å². The lowest BCUT2D eigenvalue weighted by atomic mass is 10.1. The second kappa shape index (κ2) is 6.44. The predicted octanol–water partition coefficient (Wildman–Crippen LogP) is 5.03. The van der Waals surface area contributed by atoms with Crippen molar-refractivity contribution in [2.24, 2.45) is 0 Å². The van der Waals surface area contributed by atoms with Crippen LogP contribution in [-0.2, 0) is 0 Å². The van der Waals surface area contributed by atoms with Crippen LogP contribution >= 0.6 is 23.2 Å². The number of ether oxygens (including phenoxy) is 1. The molecule has 0 saturated heterocycles. The number of benzene rings is 1. The fourth-order valence-electron chi connectivity index (χ4n) is 2.32. The Hall–Kier alpha value is -2.30. The van der Waals surface area contributed by atoms with Gasteiger partial charge >= 0.3 is 0 Å². The number of aromatic nitrogens is 2. The van der Waals surface area contributed by atoms with E-state index in [2.05, 4.69) is 21.9 Å². The van der Waals surface area contributed by atoms with E-state index >= 15 is 0 Å². The van der Waals surface area contributed by atoms with Crippen LogP contribution in [0.5, 0.6) is 5.75 Å². The van der Waals surface area contributed by atoms with Gasteiger partial charge in [-0.15, -0.1) is 0 Å². The first-order valence-corrected chi connectivity index (χ1v) is 7.54. The zero-order valence-corrected chi connectivity index (χ0v) is 13.8. The SMILES string of the molecule is C=C(Nc1c(Cl)cncc1Cl)c1ccc(OC)c2ncccc12. The van der Waals surface area contributed by atoms with Crippen LogP contribution in [0.25, 0.3) is 16.6 Å². The van der Waals surface area contributed by atoms with Crippen LogP contribution in [-0.4, -0.2) is 17.1 Å². The minimum atomic E-state index is 0.426. The van der Waals surface area contributed by atoms with E-state index in [-0.39, 0.29) is 0 Å². The van der Waals surface area contributed by atoms with Crippen LogP contribution in [0.2, 0.25) is 10.0 Å². The highest BCUT2D eigenvalue weighted by Crippen LogP contribution is 2.34. The van der Waals surface area contributed by atoms with Gasteiger partial charge < -0.3 is 10.1 Å². The predicted molar refractivity (Wildman–Crippen MR) is 95.2 cm³/mol. The molecule has 2 aromatic heterocycles. The lowest BCUT2D eigenvalue weighted by Crippen LogP contribution is -2.01. The Kier molecular flexibility index (Phi) is 4.37. The van der Waals surface area contributed by atoms with E-state index < -0.39 is 0 Å². The summed E-state index contributed by atoms with van der Waals surface area (Å²) in [4.78, 5) is 8.32. The Labute approximate surface area is 143 Å². The first-order chi connectivity index (χ1) is 11.1. The third-order valence-electron chi connectivity index (χ3n) is 3.41. The number of rotatable bonds is 4. The number of nitrogens with zero attached hydrogens (tertiary/aromatic N) is 2. The van der Waals surface area contributed by atoms with Gasteiger partial charge in [0.1, 0.15) is 11.3 Å². The number of pyridine rings is 2. The number of nitrogens with one attached hydrogen (secondary N) is 1. The molecule has 0 aliphatic heterocycles. The van der Waals surface area contributed by atoms with Gasteiger partial charge in [-0.25, -0.2) is 0 Å². The minimum absolute atomic E-state index is 0.426. The van der Waals surface area contributed by atoms with Gasteiger partial charge in [0.15, 0.2) is 0 Å². The monoisotopic (exact) mass is 345 g/mol. The summed E-state index contributed by atoms with van der Waals surface area (Å²) in [5.41, 5.74) is 2.88. The zero-order chi connectivity index (χ0) is 16.4. The zero-order valence-electron chi connectivity index (χ0n) is 12.3. The first kappa shape index (κ1) is 15.6. The summed E-state index contributed by atoms with van der Waals surface area (Å²) in [6.07, 6.45) is 4.77. The molecule has 0 aliphatic carbocycles. The van der Waals surface area contributed by atoms with Crippen LogP contribution in [0, 0.1) is 0 Å². The maximum absolute atomic E-state index is 6.14. The first-order valence-electron chi connectivity index (χ1n) is 6.79. The summed E-state index contributed by atoms with van der Waals surface area (Å²) in [5.74, 6) is 0.706. The van der Waals surface area contributed by atoms with Crippen molar-refractivity contribution >= 4 is 45.5 Å². The van der Waals surface area contributed by atoms with Crippen LogP contribution in [0.1, 0.15) is 5.56 Å². The van der Waals surface area contributed by atoms with Crippen molar-refractivity contribution in [1.29, 1.82) is 0 Å². The molecule has 3 aromatic rings. The van der Waals surface area contributed by atoms with Crippen molar-refractivity contribution in [3.63, 3.8) is 0 Å². The van der Waals surface area contributed by atoms with Crippen molar-refractivity contribution in [1.82, 2.24) is 9.97 Å². The lowest BCUT2D eigenvalue weighted by Gasteiger charge is -2.15. The molecule has 0 unspecified atom stereocenters. The maximum Gasteiger partial charge on any atom is 0.145 e. The summed E-state index contributed by atoms with van der Waals surface area (Å²) in [7, 11) is 1.62. The second-order valence-electron chi connectivity index (χ2n) is 4.80. The van der Waals surface area contributed by atoms with Gasteiger partial charge in [-0.05, 0) is 18.2 Å². The largest absolute Gasteiger partial charge is 0.494 e. The van der Waals surface area contributed by atoms with Gasteiger partial charge in [-0.3, -0.25) is 9.97 Å². The Morgan fingerprint density at radius 3 is 2.61 bits per heavy atom. The fraction of sp³-hybridized carbons (Fsp3) is 0.0588. The second-order valence-corrected chi connectivity index (χ2v) is 5.61. The van der Waals surface area contributed by atoms with Crippen molar-refractivity contribution in [2.45, 2.75) is 0 Å². The third-order valence-corrected chi connectivity index (χ3v) is 3.98. The van der Waals surface area contributed by atoms with E-state index in [0.717, 1.165) is 16.5 Å². The molecule has 6 heteroatoms. The fourth-order valence-corrected chi connectivity index (χ4v) is 2.78. The van der Waals surface area contributed by atoms with Crippen molar-refractivity contribution in [3.05, 3.63) is 65.0 Å². The number of anilines is 1. The molecule has 0 aliphatic rings. The molecular formula is C17H13Cl2N3O. The number of hydrogen-bond donors (Lipinski definition) is 1. The standard InChI is InChI=1S/C17H13Cl2N3O/c1-10(22-17-13(18)8-20-9-14(17)19)11-5-6-15(23-2)16-12(11)4-3-7-21-16/h3-9H,1H2,2H3,(H,20,22). The number of fused-ring (bicyclic) bond motifs is 1. The number of halogens is 2. The van der Waals surface area contributed by atoms with Crippen LogP contribution in [0.15, 0.2) is 49.4 Å². The smallest absolute Gasteiger partial charge is 0.145 e. The molecule has 0 amide bonds. The molecule has 3 rings (SSSR count). The molecule has 2 heterocycles. The normalized spacial score (nSPS) is 10.6. The summed E-state index contributed by atoms with van der Waals surface area (Å²) in [5, 5.41) is 4.93. The van der Waals surface area contributed by atoms with Crippen molar-refractivity contribution in [3.8, 4) is 5.75 Å². The highest BCUT2D eigenvalue weighted by Gasteiger charge is 2.12.